The van der Waals surface area contributed by atoms with Gasteiger partial charge in [0.25, 0.3) is 5.91 Å². The van der Waals surface area contributed by atoms with Gasteiger partial charge in [0.15, 0.2) is 11.5 Å². The van der Waals surface area contributed by atoms with E-state index in [2.05, 4.69) is 0 Å². The molecule has 1 heterocycles. The molecule has 1 fully saturated rings. The predicted octanol–water partition coefficient (Wildman–Crippen LogP) is -0.110. The summed E-state index contributed by atoms with van der Waals surface area (Å²) in [6.45, 7) is 0.162. The van der Waals surface area contributed by atoms with E-state index in [1.807, 2.05) is 0 Å². The third-order valence-corrected chi connectivity index (χ3v) is 3.48. The SMILES string of the molecule is COc1ccc(C(=O)N2C[C@@H](O)[C@@H](O)C2)c(OC)c1OC. The van der Waals surface area contributed by atoms with Gasteiger partial charge < -0.3 is 29.3 Å². The second-order valence-corrected chi connectivity index (χ2v) is 4.73. The van der Waals surface area contributed by atoms with Crippen LogP contribution in [0.15, 0.2) is 12.1 Å². The first kappa shape index (κ1) is 15.4. The van der Waals surface area contributed by atoms with E-state index in [9.17, 15) is 15.0 Å². The van der Waals surface area contributed by atoms with E-state index in [0.29, 0.717) is 11.5 Å². The van der Waals surface area contributed by atoms with Crippen molar-refractivity contribution < 1.29 is 29.2 Å². The summed E-state index contributed by atoms with van der Waals surface area (Å²) in [7, 11) is 4.38. The van der Waals surface area contributed by atoms with Crippen LogP contribution in [0.2, 0.25) is 0 Å². The molecule has 0 radical (unpaired) electrons. The Morgan fingerprint density at radius 3 is 2.10 bits per heavy atom. The maximum atomic E-state index is 12.5. The van der Waals surface area contributed by atoms with Gasteiger partial charge in [-0.25, -0.2) is 0 Å². The fourth-order valence-electron chi connectivity index (χ4n) is 2.38. The maximum Gasteiger partial charge on any atom is 0.257 e. The van der Waals surface area contributed by atoms with Crippen molar-refractivity contribution in [2.24, 2.45) is 0 Å². The Labute approximate surface area is 122 Å². The van der Waals surface area contributed by atoms with Crippen LogP contribution >= 0.6 is 0 Å². The normalized spacial score (nSPS) is 21.3. The molecule has 0 unspecified atom stereocenters. The summed E-state index contributed by atoms with van der Waals surface area (Å²) in [6.07, 6.45) is -1.86. The van der Waals surface area contributed by atoms with Gasteiger partial charge in [0.2, 0.25) is 5.75 Å². The molecule has 7 nitrogen and oxygen atoms in total. The third-order valence-electron chi connectivity index (χ3n) is 3.48. The smallest absolute Gasteiger partial charge is 0.257 e. The molecule has 1 saturated heterocycles. The molecule has 2 atom stereocenters. The molecule has 0 saturated carbocycles. The van der Waals surface area contributed by atoms with E-state index in [1.54, 1.807) is 12.1 Å². The van der Waals surface area contributed by atoms with Crippen molar-refractivity contribution in [2.75, 3.05) is 34.4 Å². The second kappa shape index (κ2) is 6.19. The van der Waals surface area contributed by atoms with Crippen molar-refractivity contribution in [3.63, 3.8) is 0 Å². The fraction of sp³-hybridized carbons (Fsp3) is 0.500. The first-order valence-electron chi connectivity index (χ1n) is 6.47. The number of aliphatic hydroxyl groups excluding tert-OH is 2. The highest BCUT2D eigenvalue weighted by Gasteiger charge is 2.34. The molecule has 2 N–H and O–H groups in total. The van der Waals surface area contributed by atoms with E-state index >= 15 is 0 Å². The highest BCUT2D eigenvalue weighted by molar-refractivity contribution is 5.98. The van der Waals surface area contributed by atoms with E-state index in [-0.39, 0.29) is 30.3 Å². The van der Waals surface area contributed by atoms with Crippen LogP contribution in [0.25, 0.3) is 0 Å². The van der Waals surface area contributed by atoms with Gasteiger partial charge in [-0.05, 0) is 12.1 Å². The second-order valence-electron chi connectivity index (χ2n) is 4.73. The zero-order chi connectivity index (χ0) is 15.6. The summed E-state index contributed by atoms with van der Waals surface area (Å²) in [4.78, 5) is 13.9. The Kier molecular flexibility index (Phi) is 4.54. The number of hydrogen-bond acceptors (Lipinski definition) is 6. The molecule has 1 amide bonds. The number of likely N-dealkylation sites (tertiary alicyclic amines) is 1. The van der Waals surface area contributed by atoms with Crippen molar-refractivity contribution in [1.29, 1.82) is 0 Å². The minimum Gasteiger partial charge on any atom is -0.493 e. The number of nitrogens with zero attached hydrogens (tertiary/aromatic N) is 1. The number of amides is 1. The van der Waals surface area contributed by atoms with Gasteiger partial charge in [0.1, 0.15) is 0 Å². The monoisotopic (exact) mass is 297 g/mol. The molecule has 0 aliphatic carbocycles. The van der Waals surface area contributed by atoms with Gasteiger partial charge >= 0.3 is 0 Å². The average molecular weight is 297 g/mol. The van der Waals surface area contributed by atoms with Crippen LogP contribution in [0.4, 0.5) is 0 Å². The number of β-amino-alcohol motifs (C(OH)–C–C–N with tert-alkyl or cyclic N) is 2. The van der Waals surface area contributed by atoms with Crippen LogP contribution in [-0.4, -0.2) is 67.6 Å². The fourth-order valence-corrected chi connectivity index (χ4v) is 2.38. The van der Waals surface area contributed by atoms with E-state index in [0.717, 1.165) is 0 Å². The van der Waals surface area contributed by atoms with Crippen molar-refractivity contribution in [2.45, 2.75) is 12.2 Å². The maximum absolute atomic E-state index is 12.5. The molecule has 2 rings (SSSR count). The Balaban J connectivity index is 2.37. The number of methoxy groups -OCH3 is 3. The molecular formula is C14H19NO6. The molecule has 21 heavy (non-hydrogen) atoms. The van der Waals surface area contributed by atoms with E-state index < -0.39 is 12.2 Å². The van der Waals surface area contributed by atoms with Gasteiger partial charge in [-0.2, -0.15) is 0 Å². The Hall–Kier alpha value is -1.99. The lowest BCUT2D eigenvalue weighted by molar-refractivity contribution is 0.0572. The summed E-state index contributed by atoms with van der Waals surface area (Å²) < 4.78 is 15.7. The molecular weight excluding hydrogens is 278 g/mol. The minimum absolute atomic E-state index is 0.0809. The Morgan fingerprint density at radius 1 is 1.05 bits per heavy atom. The van der Waals surface area contributed by atoms with Crippen LogP contribution in [0.1, 0.15) is 10.4 Å². The quantitative estimate of drug-likeness (QED) is 0.806. The van der Waals surface area contributed by atoms with Crippen LogP contribution in [0.5, 0.6) is 17.2 Å². The predicted molar refractivity (Wildman–Crippen MR) is 74.0 cm³/mol. The van der Waals surface area contributed by atoms with E-state index in [1.165, 1.54) is 26.2 Å². The summed E-state index contributed by atoms with van der Waals surface area (Å²) in [6, 6.07) is 3.18. The minimum atomic E-state index is -0.930. The molecule has 1 aliphatic rings. The number of ether oxygens (including phenoxy) is 3. The number of hydrogen-bond donors (Lipinski definition) is 2. The molecule has 1 aromatic rings. The van der Waals surface area contributed by atoms with Crippen LogP contribution < -0.4 is 14.2 Å². The van der Waals surface area contributed by atoms with Crippen LogP contribution in [0, 0.1) is 0 Å². The van der Waals surface area contributed by atoms with Gasteiger partial charge in [-0.15, -0.1) is 0 Å². The number of carbonyl (C=O) groups excluding carboxylic acids is 1. The zero-order valence-electron chi connectivity index (χ0n) is 12.2. The molecule has 1 aromatic carbocycles. The molecule has 0 spiro atoms. The van der Waals surface area contributed by atoms with Gasteiger partial charge in [-0.3, -0.25) is 4.79 Å². The van der Waals surface area contributed by atoms with Gasteiger partial charge in [0.05, 0.1) is 39.1 Å². The topological polar surface area (TPSA) is 88.5 Å². The zero-order valence-corrected chi connectivity index (χ0v) is 12.2. The van der Waals surface area contributed by atoms with Gasteiger partial charge in [-0.1, -0.05) is 0 Å². The van der Waals surface area contributed by atoms with Crippen molar-refractivity contribution in [1.82, 2.24) is 4.90 Å². The lowest BCUT2D eigenvalue weighted by Crippen LogP contribution is -2.30. The van der Waals surface area contributed by atoms with Crippen molar-refractivity contribution >= 4 is 5.91 Å². The number of aliphatic hydroxyl groups is 2. The summed E-state index contributed by atoms with van der Waals surface area (Å²) in [5.74, 6) is 0.694. The largest absolute Gasteiger partial charge is 0.493 e. The van der Waals surface area contributed by atoms with Crippen molar-refractivity contribution in [3.8, 4) is 17.2 Å². The van der Waals surface area contributed by atoms with E-state index in [4.69, 9.17) is 14.2 Å². The highest BCUT2D eigenvalue weighted by atomic mass is 16.5. The number of carbonyl (C=O) groups is 1. The number of benzene rings is 1. The van der Waals surface area contributed by atoms with Gasteiger partial charge in [0, 0.05) is 13.1 Å². The first-order chi connectivity index (χ1) is 10.0. The molecule has 0 bridgehead atoms. The number of rotatable bonds is 4. The Morgan fingerprint density at radius 2 is 1.62 bits per heavy atom. The molecule has 7 heteroatoms. The standard InChI is InChI=1S/C14H19NO6/c1-19-11-5-4-8(12(20-2)13(11)21-3)14(18)15-6-9(16)10(17)7-15/h4-5,9-10,16-17H,6-7H2,1-3H3/t9-,10+. The Bertz CT molecular complexity index is 522. The molecule has 0 aromatic heterocycles. The first-order valence-corrected chi connectivity index (χ1v) is 6.47. The van der Waals surface area contributed by atoms with Crippen LogP contribution in [0.3, 0.4) is 0 Å². The molecule has 116 valence electrons. The summed E-state index contributed by atoms with van der Waals surface area (Å²) in [5.41, 5.74) is 0.288. The van der Waals surface area contributed by atoms with Crippen molar-refractivity contribution in [3.05, 3.63) is 17.7 Å². The average Bonchev–Trinajstić information content (AvgIpc) is 2.84. The molecule has 1 aliphatic heterocycles. The summed E-state index contributed by atoms with van der Waals surface area (Å²) >= 11 is 0. The lowest BCUT2D eigenvalue weighted by Gasteiger charge is -2.19. The lowest BCUT2D eigenvalue weighted by atomic mass is 10.1. The van der Waals surface area contributed by atoms with Crippen LogP contribution in [-0.2, 0) is 0 Å². The summed E-state index contributed by atoms with van der Waals surface area (Å²) in [5, 5.41) is 19.1. The highest BCUT2D eigenvalue weighted by Crippen LogP contribution is 2.40. The third kappa shape index (κ3) is 2.74.